The van der Waals surface area contributed by atoms with Gasteiger partial charge in [-0.25, -0.2) is 9.18 Å². The largest absolute Gasteiger partial charge is 0.489 e. The number of esters is 1. The van der Waals surface area contributed by atoms with Crippen LogP contribution in [0.4, 0.5) is 4.39 Å². The minimum absolute atomic E-state index is 0.0275. The first-order valence-corrected chi connectivity index (χ1v) is 27.2. The van der Waals surface area contributed by atoms with Gasteiger partial charge in [-0.15, -0.1) is 0 Å². The van der Waals surface area contributed by atoms with E-state index in [0.29, 0.717) is 45.6 Å². The fraction of sp³-hybridized carbons (Fsp3) is 0.141. The molecule has 0 bridgehead atoms. The predicted molar refractivity (Wildman–Crippen MR) is 311 cm³/mol. The molecule has 11 heteroatoms. The van der Waals surface area contributed by atoms with E-state index in [4.69, 9.17) is 42.6 Å². The molecule has 0 aromatic heterocycles. The van der Waals surface area contributed by atoms with E-state index in [-0.39, 0.29) is 69.7 Å². The number of fused-ring (bicyclic) bond motifs is 1. The van der Waals surface area contributed by atoms with Gasteiger partial charge >= 0.3 is 5.97 Å². The summed E-state index contributed by atoms with van der Waals surface area (Å²) in [4.78, 5) is 15.0. The van der Waals surface area contributed by atoms with Crippen molar-refractivity contribution in [3.63, 3.8) is 0 Å². The Labute approximate surface area is 476 Å². The summed E-state index contributed by atoms with van der Waals surface area (Å²) in [5, 5.41) is 0. The fourth-order valence-corrected chi connectivity index (χ4v) is 9.42. The van der Waals surface area contributed by atoms with E-state index >= 15 is 9.18 Å². The Kier molecular flexibility index (Phi) is 17.6. The molecule has 2 atom stereocenters. The molecule has 1 heterocycles. The third-order valence-corrected chi connectivity index (χ3v) is 13.7. The van der Waals surface area contributed by atoms with Gasteiger partial charge in [0.2, 0.25) is 5.75 Å². The molecule has 11 rings (SSSR count). The smallest absolute Gasteiger partial charge is 0.338 e. The van der Waals surface area contributed by atoms with Crippen molar-refractivity contribution in [3.05, 3.63) is 310 Å². The van der Waals surface area contributed by atoms with Gasteiger partial charge in [-0.3, -0.25) is 0 Å². The zero-order valence-electron chi connectivity index (χ0n) is 44.9. The third-order valence-electron chi connectivity index (χ3n) is 13.7. The van der Waals surface area contributed by atoms with Crippen LogP contribution in [0, 0.1) is 5.82 Å². The highest BCUT2D eigenvalue weighted by Gasteiger charge is 2.39. The maximum absolute atomic E-state index is 16.7. The van der Waals surface area contributed by atoms with Gasteiger partial charge < -0.3 is 42.6 Å². The average Bonchev–Trinajstić information content (AvgIpc) is 3.60. The van der Waals surface area contributed by atoms with Crippen LogP contribution in [0.25, 0.3) is 0 Å². The normalized spacial score (nSPS) is 13.4. The molecule has 1 aliphatic heterocycles. The fourth-order valence-electron chi connectivity index (χ4n) is 9.42. The van der Waals surface area contributed by atoms with E-state index in [1.165, 1.54) is 6.07 Å². The van der Waals surface area contributed by atoms with Crippen LogP contribution in [0.2, 0.25) is 0 Å². The summed E-state index contributed by atoms with van der Waals surface area (Å²) in [7, 11) is 0. The molecular formula is C71H59FO10. The summed E-state index contributed by atoms with van der Waals surface area (Å²) in [6, 6.07) is 78.0. The maximum atomic E-state index is 16.7. The number of carbonyl (C=O) groups excluding carboxylic acids is 1. The lowest BCUT2D eigenvalue weighted by atomic mass is 9.93. The Morgan fingerprint density at radius 3 is 1.16 bits per heavy atom. The summed E-state index contributed by atoms with van der Waals surface area (Å²) >= 11 is 0. The van der Waals surface area contributed by atoms with Crippen molar-refractivity contribution >= 4 is 5.97 Å². The quantitative estimate of drug-likeness (QED) is 0.0544. The molecule has 10 nitrogen and oxygen atoms in total. The molecule has 1 aliphatic rings. The van der Waals surface area contributed by atoms with Crippen molar-refractivity contribution in [2.45, 2.75) is 64.9 Å². The highest BCUT2D eigenvalue weighted by Crippen LogP contribution is 2.48. The van der Waals surface area contributed by atoms with Crippen molar-refractivity contribution < 1.29 is 51.8 Å². The van der Waals surface area contributed by atoms with Gasteiger partial charge in [-0.1, -0.05) is 212 Å². The Balaban J connectivity index is 1.01. The van der Waals surface area contributed by atoms with E-state index in [2.05, 4.69) is 0 Å². The lowest BCUT2D eigenvalue weighted by Crippen LogP contribution is -2.35. The van der Waals surface area contributed by atoms with Gasteiger partial charge in [0.05, 0.1) is 5.56 Å². The summed E-state index contributed by atoms with van der Waals surface area (Å²) in [5.41, 5.74) is 7.40. The number of ether oxygens (including phenoxy) is 9. The zero-order chi connectivity index (χ0) is 55.7. The monoisotopic (exact) mass is 1090 g/mol. The molecule has 0 spiro atoms. The highest BCUT2D eigenvalue weighted by molar-refractivity contribution is 5.90. The molecule has 0 saturated heterocycles. The lowest BCUT2D eigenvalue weighted by Gasteiger charge is -2.35. The summed E-state index contributed by atoms with van der Waals surface area (Å²) in [5.74, 6) is 0.739. The van der Waals surface area contributed by atoms with E-state index in [9.17, 15) is 0 Å². The number of halogens is 1. The third kappa shape index (κ3) is 14.2. The van der Waals surface area contributed by atoms with Crippen molar-refractivity contribution in [2.24, 2.45) is 0 Å². The second-order valence-electron chi connectivity index (χ2n) is 19.6. The van der Waals surface area contributed by atoms with Crippen molar-refractivity contribution in [1.29, 1.82) is 0 Å². The van der Waals surface area contributed by atoms with E-state index in [1.54, 1.807) is 0 Å². The second kappa shape index (κ2) is 26.8. The first kappa shape index (κ1) is 54.0. The SMILES string of the molecule is O=C(O[C@@H]1Cc2c(OCc3ccccc3)cc(OCc3ccccc3)cc2O[C@H]1c1cc(OCc2ccccc2)c(OCc2ccccc2)c(OCc2ccccc2)c1)c1cc(F)c(OCc2ccccc2)c(OCc2ccccc2)c1. The molecular weight excluding hydrogens is 1030 g/mol. The lowest BCUT2D eigenvalue weighted by molar-refractivity contribution is -0.0191. The summed E-state index contributed by atoms with van der Waals surface area (Å²) in [6.45, 7) is 1.22. The number of carbonyl (C=O) groups is 1. The number of hydrogen-bond acceptors (Lipinski definition) is 10. The highest BCUT2D eigenvalue weighted by atomic mass is 19.1. The number of benzene rings is 10. The molecule has 0 radical (unpaired) electrons. The van der Waals surface area contributed by atoms with Gasteiger partial charge in [0.15, 0.2) is 34.9 Å². The molecule has 0 aliphatic carbocycles. The van der Waals surface area contributed by atoms with E-state index in [1.807, 2.05) is 237 Å². The Hall–Kier alpha value is -10.0. The van der Waals surface area contributed by atoms with Crippen LogP contribution >= 0.6 is 0 Å². The molecule has 0 saturated carbocycles. The molecule has 82 heavy (non-hydrogen) atoms. The van der Waals surface area contributed by atoms with Crippen molar-refractivity contribution in [1.82, 2.24) is 0 Å². The minimum Gasteiger partial charge on any atom is -0.489 e. The summed E-state index contributed by atoms with van der Waals surface area (Å²) in [6.07, 6.45) is -2.00. The minimum atomic E-state index is -1.07. The van der Waals surface area contributed by atoms with Crippen molar-refractivity contribution in [2.75, 3.05) is 0 Å². The van der Waals surface area contributed by atoms with Crippen LogP contribution in [0.15, 0.2) is 249 Å². The summed E-state index contributed by atoms with van der Waals surface area (Å²) < 4.78 is 76.2. The molecule has 0 unspecified atom stereocenters. The Morgan fingerprint density at radius 1 is 0.390 bits per heavy atom. The second-order valence-corrected chi connectivity index (χ2v) is 19.6. The van der Waals surface area contributed by atoms with Crippen LogP contribution in [-0.2, 0) is 57.4 Å². The topological polar surface area (TPSA) is 100 Å². The zero-order valence-corrected chi connectivity index (χ0v) is 44.9. The first-order chi connectivity index (χ1) is 40.4. The maximum Gasteiger partial charge on any atom is 0.338 e. The molecule has 10 aromatic carbocycles. The average molecular weight is 1090 g/mol. The molecule has 410 valence electrons. The van der Waals surface area contributed by atoms with Gasteiger partial charge in [0, 0.05) is 29.7 Å². The van der Waals surface area contributed by atoms with Crippen LogP contribution in [0.5, 0.6) is 46.0 Å². The van der Waals surface area contributed by atoms with Crippen LogP contribution in [0.1, 0.15) is 66.5 Å². The van der Waals surface area contributed by atoms with Gasteiger partial charge in [-0.2, -0.15) is 0 Å². The van der Waals surface area contributed by atoms with E-state index < -0.39 is 24.0 Å². The van der Waals surface area contributed by atoms with E-state index in [0.717, 1.165) is 45.0 Å². The van der Waals surface area contributed by atoms with Crippen LogP contribution < -0.4 is 37.9 Å². The van der Waals surface area contributed by atoms with Crippen LogP contribution in [0.3, 0.4) is 0 Å². The number of rotatable bonds is 24. The molecule has 0 N–H and O–H groups in total. The Bertz CT molecular complexity index is 3580. The Morgan fingerprint density at radius 2 is 0.744 bits per heavy atom. The van der Waals surface area contributed by atoms with Crippen molar-refractivity contribution in [3.8, 4) is 46.0 Å². The van der Waals surface area contributed by atoms with Gasteiger partial charge in [0.1, 0.15) is 69.6 Å². The first-order valence-electron chi connectivity index (χ1n) is 27.2. The predicted octanol–water partition coefficient (Wildman–Crippen LogP) is 15.8. The molecule has 10 aromatic rings. The van der Waals surface area contributed by atoms with Crippen LogP contribution in [-0.4, -0.2) is 12.1 Å². The molecule has 0 fully saturated rings. The number of hydrogen-bond donors (Lipinski definition) is 0. The van der Waals surface area contributed by atoms with Gasteiger partial charge in [0.25, 0.3) is 0 Å². The standard InChI is InChI=1S/C71H59FO10/c72-61-36-58(39-64(76-45-52-26-12-3-13-27-52)69(61)79-48-55-32-18-6-19-33-55)71(73)82-67-42-60-62(75-44-51-24-10-2-11-25-51)40-59(74-43-50-22-8-1-9-23-50)41-63(60)81-68(67)57-37-65(77-46-53-28-14-4-15-29-53)70(80-49-56-34-20-7-21-35-56)66(38-57)78-47-54-30-16-5-17-31-54/h1-41,67-68H,42-49H2/t67-,68+/m1/s1. The van der Waals surface area contributed by atoms with Gasteiger partial charge in [-0.05, 0) is 63.2 Å². The molecule has 0 amide bonds.